The van der Waals surface area contributed by atoms with Crippen molar-refractivity contribution < 1.29 is 0 Å². The highest BCUT2D eigenvalue weighted by molar-refractivity contribution is 5.47. The average molecular weight is 229 g/mol. The van der Waals surface area contributed by atoms with Crippen LogP contribution in [0.4, 0.5) is 0 Å². The molecule has 88 valence electrons. The van der Waals surface area contributed by atoms with Crippen LogP contribution in [-0.4, -0.2) is 26.7 Å². The van der Waals surface area contributed by atoms with Crippen molar-refractivity contribution in [3.05, 3.63) is 30.2 Å². The van der Waals surface area contributed by atoms with Gasteiger partial charge >= 0.3 is 0 Å². The minimum atomic E-state index is 0.314. The van der Waals surface area contributed by atoms with Crippen molar-refractivity contribution in [2.45, 2.75) is 25.3 Å². The van der Waals surface area contributed by atoms with E-state index in [0.29, 0.717) is 11.9 Å². The van der Waals surface area contributed by atoms with Crippen LogP contribution in [0, 0.1) is 0 Å². The van der Waals surface area contributed by atoms with Gasteiger partial charge in [0.2, 0.25) is 0 Å². The molecule has 1 aliphatic heterocycles. The zero-order valence-electron chi connectivity index (χ0n) is 9.56. The number of pyridine rings is 1. The normalized spacial score (nSPS) is 20.4. The predicted molar refractivity (Wildman–Crippen MR) is 64.2 cm³/mol. The first-order valence-corrected chi connectivity index (χ1v) is 6.00. The first kappa shape index (κ1) is 10.4. The van der Waals surface area contributed by atoms with E-state index in [1.54, 1.807) is 6.20 Å². The van der Waals surface area contributed by atoms with Gasteiger partial charge in [-0.25, -0.2) is 4.98 Å². The smallest absolute Gasteiger partial charge is 0.199 e. The van der Waals surface area contributed by atoms with E-state index in [2.05, 4.69) is 25.5 Å². The van der Waals surface area contributed by atoms with Gasteiger partial charge in [-0.05, 0) is 31.5 Å². The molecule has 0 spiro atoms. The second kappa shape index (κ2) is 4.63. The highest BCUT2D eigenvalue weighted by atomic mass is 15.2. The third-order valence-electron chi connectivity index (χ3n) is 3.04. The van der Waals surface area contributed by atoms with Crippen molar-refractivity contribution in [1.82, 2.24) is 25.5 Å². The van der Waals surface area contributed by atoms with E-state index in [1.807, 2.05) is 18.2 Å². The number of nitrogens with one attached hydrogen (secondary N) is 2. The van der Waals surface area contributed by atoms with Crippen LogP contribution < -0.4 is 5.32 Å². The Labute approximate surface area is 99.7 Å². The first-order chi connectivity index (χ1) is 8.43. The van der Waals surface area contributed by atoms with Crippen LogP contribution in [0.2, 0.25) is 0 Å². The van der Waals surface area contributed by atoms with Gasteiger partial charge in [-0.15, -0.1) is 0 Å². The quantitative estimate of drug-likeness (QED) is 0.822. The zero-order chi connectivity index (χ0) is 11.5. The van der Waals surface area contributed by atoms with E-state index >= 15 is 0 Å². The lowest BCUT2D eigenvalue weighted by molar-refractivity contribution is 0.398. The van der Waals surface area contributed by atoms with Gasteiger partial charge in [0.25, 0.3) is 0 Å². The Morgan fingerprint density at radius 3 is 3.00 bits per heavy atom. The average Bonchev–Trinajstić information content (AvgIpc) is 2.90. The highest BCUT2D eigenvalue weighted by Gasteiger charge is 2.18. The molecule has 2 aromatic heterocycles. The maximum absolute atomic E-state index is 4.51. The van der Waals surface area contributed by atoms with Crippen LogP contribution in [0.1, 0.15) is 31.1 Å². The Kier molecular flexibility index (Phi) is 2.83. The van der Waals surface area contributed by atoms with E-state index in [-0.39, 0.29) is 0 Å². The minimum Gasteiger partial charge on any atom is -0.307 e. The lowest BCUT2D eigenvalue weighted by Gasteiger charge is -2.20. The Hall–Kier alpha value is -1.75. The number of aromatic nitrogens is 4. The fourth-order valence-electron chi connectivity index (χ4n) is 2.12. The molecule has 3 heterocycles. The number of hydrogen-bond acceptors (Lipinski definition) is 4. The summed E-state index contributed by atoms with van der Waals surface area (Å²) in [5.74, 6) is 1.60. The standard InChI is InChI=1S/C12H15N5/c1-3-7-13-9(5-1)11-15-12(17-16-11)10-6-2-4-8-14-10/h1,3,5,7,10,14H,2,4,6,8H2,(H,15,16,17). The molecule has 3 rings (SSSR count). The molecule has 2 N–H and O–H groups in total. The summed E-state index contributed by atoms with van der Waals surface area (Å²) in [7, 11) is 0. The van der Waals surface area contributed by atoms with Crippen molar-refractivity contribution in [3.8, 4) is 11.5 Å². The molecule has 0 aromatic carbocycles. The number of piperidine rings is 1. The molecule has 0 amide bonds. The van der Waals surface area contributed by atoms with E-state index < -0.39 is 0 Å². The molecule has 1 saturated heterocycles. The molecular weight excluding hydrogens is 214 g/mol. The Balaban J connectivity index is 1.83. The van der Waals surface area contributed by atoms with Gasteiger partial charge in [-0.3, -0.25) is 10.1 Å². The molecule has 0 radical (unpaired) electrons. The van der Waals surface area contributed by atoms with Crippen molar-refractivity contribution in [2.24, 2.45) is 0 Å². The fraction of sp³-hybridized carbons (Fsp3) is 0.417. The number of H-pyrrole nitrogens is 1. The van der Waals surface area contributed by atoms with Crippen LogP contribution >= 0.6 is 0 Å². The Bertz CT molecular complexity index is 473. The molecule has 1 fully saturated rings. The maximum Gasteiger partial charge on any atom is 0.199 e. The predicted octanol–water partition coefficient (Wildman–Crippen LogP) is 1.68. The van der Waals surface area contributed by atoms with Crippen LogP contribution in [0.15, 0.2) is 24.4 Å². The van der Waals surface area contributed by atoms with E-state index in [4.69, 9.17) is 0 Å². The fourth-order valence-corrected chi connectivity index (χ4v) is 2.12. The summed E-state index contributed by atoms with van der Waals surface area (Å²) in [6.07, 6.45) is 5.37. The third-order valence-corrected chi connectivity index (χ3v) is 3.04. The van der Waals surface area contributed by atoms with Crippen LogP contribution in [0.5, 0.6) is 0 Å². The monoisotopic (exact) mass is 229 g/mol. The number of rotatable bonds is 2. The Morgan fingerprint density at radius 2 is 2.24 bits per heavy atom. The van der Waals surface area contributed by atoms with Gasteiger partial charge in [0.15, 0.2) is 5.82 Å². The molecule has 5 nitrogen and oxygen atoms in total. The summed E-state index contributed by atoms with van der Waals surface area (Å²) in [5.41, 5.74) is 0.811. The van der Waals surface area contributed by atoms with Gasteiger partial charge in [0, 0.05) is 6.20 Å². The molecule has 0 aliphatic carbocycles. The van der Waals surface area contributed by atoms with Crippen LogP contribution in [0.3, 0.4) is 0 Å². The highest BCUT2D eigenvalue weighted by Crippen LogP contribution is 2.21. The lowest BCUT2D eigenvalue weighted by atomic mass is 10.0. The van der Waals surface area contributed by atoms with E-state index in [0.717, 1.165) is 24.5 Å². The number of nitrogens with zero attached hydrogens (tertiary/aromatic N) is 3. The molecule has 5 heteroatoms. The van der Waals surface area contributed by atoms with Crippen molar-refractivity contribution in [1.29, 1.82) is 0 Å². The summed E-state index contributed by atoms with van der Waals surface area (Å²) >= 11 is 0. The Morgan fingerprint density at radius 1 is 1.24 bits per heavy atom. The summed E-state index contributed by atoms with van der Waals surface area (Å²) in [6.45, 7) is 1.06. The van der Waals surface area contributed by atoms with E-state index in [1.165, 1.54) is 12.8 Å². The van der Waals surface area contributed by atoms with E-state index in [9.17, 15) is 0 Å². The minimum absolute atomic E-state index is 0.314. The molecule has 1 aliphatic rings. The zero-order valence-corrected chi connectivity index (χ0v) is 9.56. The molecule has 2 aromatic rings. The first-order valence-electron chi connectivity index (χ1n) is 6.00. The second-order valence-corrected chi connectivity index (χ2v) is 4.26. The van der Waals surface area contributed by atoms with Crippen LogP contribution in [0.25, 0.3) is 11.5 Å². The lowest BCUT2D eigenvalue weighted by Crippen LogP contribution is -2.27. The molecule has 1 unspecified atom stereocenters. The van der Waals surface area contributed by atoms with Crippen LogP contribution in [-0.2, 0) is 0 Å². The largest absolute Gasteiger partial charge is 0.307 e. The SMILES string of the molecule is c1ccc(-c2n[nH]c(C3CCCCN3)n2)nc1. The van der Waals surface area contributed by atoms with Crippen molar-refractivity contribution in [2.75, 3.05) is 6.54 Å². The third kappa shape index (κ3) is 2.19. The number of aromatic amines is 1. The topological polar surface area (TPSA) is 66.5 Å². The molecule has 1 atom stereocenters. The summed E-state index contributed by atoms with van der Waals surface area (Å²) in [6, 6.07) is 6.06. The summed E-state index contributed by atoms with van der Waals surface area (Å²) in [5, 5.41) is 10.7. The summed E-state index contributed by atoms with van der Waals surface area (Å²) in [4.78, 5) is 8.75. The summed E-state index contributed by atoms with van der Waals surface area (Å²) < 4.78 is 0. The molecule has 0 saturated carbocycles. The van der Waals surface area contributed by atoms with Gasteiger partial charge in [0.1, 0.15) is 11.5 Å². The second-order valence-electron chi connectivity index (χ2n) is 4.26. The molecule has 0 bridgehead atoms. The number of hydrogen-bond donors (Lipinski definition) is 2. The van der Waals surface area contributed by atoms with Crippen molar-refractivity contribution >= 4 is 0 Å². The maximum atomic E-state index is 4.51. The van der Waals surface area contributed by atoms with Gasteiger partial charge < -0.3 is 5.32 Å². The van der Waals surface area contributed by atoms with Crippen molar-refractivity contribution in [3.63, 3.8) is 0 Å². The van der Waals surface area contributed by atoms with Gasteiger partial charge in [-0.1, -0.05) is 12.5 Å². The molecule has 17 heavy (non-hydrogen) atoms. The van der Waals surface area contributed by atoms with Gasteiger partial charge in [0.05, 0.1) is 6.04 Å². The molecular formula is C12H15N5. The van der Waals surface area contributed by atoms with Gasteiger partial charge in [-0.2, -0.15) is 5.10 Å².